The van der Waals surface area contributed by atoms with Crippen LogP contribution < -0.4 is 4.74 Å². The second kappa shape index (κ2) is 8.39. The van der Waals surface area contributed by atoms with Crippen molar-refractivity contribution in [2.75, 3.05) is 26.2 Å². The van der Waals surface area contributed by atoms with Crippen molar-refractivity contribution < 1.29 is 9.84 Å². The number of aromatic hydroxyl groups is 1. The molecule has 0 unspecified atom stereocenters. The van der Waals surface area contributed by atoms with Gasteiger partial charge in [0.1, 0.15) is 18.1 Å². The Balaban J connectivity index is 1.37. The summed E-state index contributed by atoms with van der Waals surface area (Å²) in [7, 11) is 0. The van der Waals surface area contributed by atoms with E-state index in [2.05, 4.69) is 36.1 Å². The van der Waals surface area contributed by atoms with Gasteiger partial charge in [0.15, 0.2) is 0 Å². The molecule has 2 aromatic carbocycles. The molecule has 0 saturated carbocycles. The van der Waals surface area contributed by atoms with E-state index in [0.29, 0.717) is 12.4 Å². The minimum atomic E-state index is 0.322. The number of piperidine rings is 1. The summed E-state index contributed by atoms with van der Waals surface area (Å²) in [6.45, 7) is 8.03. The van der Waals surface area contributed by atoms with Gasteiger partial charge in [-0.1, -0.05) is 29.8 Å². The van der Waals surface area contributed by atoms with Gasteiger partial charge in [-0.25, -0.2) is 0 Å². The predicted octanol–water partition coefficient (Wildman–Crippen LogP) is 4.34. The average molecular weight is 339 g/mol. The van der Waals surface area contributed by atoms with E-state index < -0.39 is 0 Å². The zero-order valence-electron chi connectivity index (χ0n) is 15.4. The van der Waals surface area contributed by atoms with E-state index in [-0.39, 0.29) is 0 Å². The lowest BCUT2D eigenvalue weighted by atomic mass is 9.90. The Bertz CT molecular complexity index is 673. The first-order valence-electron chi connectivity index (χ1n) is 9.30. The van der Waals surface area contributed by atoms with Crippen LogP contribution >= 0.6 is 0 Å². The average Bonchev–Trinajstić information content (AvgIpc) is 2.61. The second-order valence-corrected chi connectivity index (χ2v) is 7.27. The maximum atomic E-state index is 9.55. The van der Waals surface area contributed by atoms with Crippen LogP contribution in [0.2, 0.25) is 0 Å². The lowest BCUT2D eigenvalue weighted by Crippen LogP contribution is -2.37. The maximum Gasteiger partial charge on any atom is 0.119 e. The molecule has 3 rings (SSSR count). The Kier molecular flexibility index (Phi) is 5.98. The normalized spacial score (nSPS) is 16.1. The molecule has 1 N–H and O–H groups in total. The minimum Gasteiger partial charge on any atom is -0.508 e. The van der Waals surface area contributed by atoms with Crippen LogP contribution in [0.15, 0.2) is 42.5 Å². The number of phenolic OH excluding ortho intramolecular Hbond substituents is 1. The first-order valence-corrected chi connectivity index (χ1v) is 9.30. The first-order chi connectivity index (χ1) is 12.1. The number of ether oxygens (including phenoxy) is 1. The van der Waals surface area contributed by atoms with E-state index >= 15 is 0 Å². The Morgan fingerprint density at radius 2 is 1.76 bits per heavy atom. The number of rotatable bonds is 6. The molecule has 1 aliphatic rings. The number of hydrogen-bond donors (Lipinski definition) is 1. The van der Waals surface area contributed by atoms with Crippen LogP contribution in [0.4, 0.5) is 0 Å². The molecule has 0 radical (unpaired) electrons. The molecular weight excluding hydrogens is 310 g/mol. The summed E-state index contributed by atoms with van der Waals surface area (Å²) in [5, 5.41) is 9.55. The van der Waals surface area contributed by atoms with E-state index in [0.717, 1.165) is 36.9 Å². The molecule has 3 nitrogen and oxygen atoms in total. The summed E-state index contributed by atoms with van der Waals surface area (Å²) in [4.78, 5) is 2.50. The van der Waals surface area contributed by atoms with E-state index in [4.69, 9.17) is 4.74 Å². The third-order valence-corrected chi connectivity index (χ3v) is 5.20. The van der Waals surface area contributed by atoms with Gasteiger partial charge in [0.2, 0.25) is 0 Å². The third kappa shape index (κ3) is 5.23. The van der Waals surface area contributed by atoms with Crippen LogP contribution in [0, 0.1) is 19.8 Å². The van der Waals surface area contributed by atoms with E-state index in [1.54, 1.807) is 6.07 Å². The highest BCUT2D eigenvalue weighted by molar-refractivity contribution is 5.38. The third-order valence-electron chi connectivity index (χ3n) is 5.20. The van der Waals surface area contributed by atoms with Crippen LogP contribution in [-0.4, -0.2) is 36.2 Å². The van der Waals surface area contributed by atoms with Gasteiger partial charge in [0, 0.05) is 6.54 Å². The van der Waals surface area contributed by atoms with Crippen molar-refractivity contribution in [3.8, 4) is 11.5 Å². The summed E-state index contributed by atoms with van der Waals surface area (Å²) in [5.74, 6) is 1.96. The molecule has 0 atom stereocenters. The molecule has 3 heteroatoms. The fourth-order valence-corrected chi connectivity index (χ4v) is 3.48. The summed E-state index contributed by atoms with van der Waals surface area (Å²) in [6, 6.07) is 14.4. The molecule has 134 valence electrons. The summed E-state index contributed by atoms with van der Waals surface area (Å²) in [5.41, 5.74) is 3.66. The van der Waals surface area contributed by atoms with Gasteiger partial charge in [-0.05, 0) is 81.4 Å². The van der Waals surface area contributed by atoms with Crippen molar-refractivity contribution in [2.45, 2.75) is 33.1 Å². The molecular formula is C22H29NO2. The molecule has 25 heavy (non-hydrogen) atoms. The smallest absolute Gasteiger partial charge is 0.119 e. The maximum absolute atomic E-state index is 9.55. The van der Waals surface area contributed by atoms with Crippen molar-refractivity contribution in [3.05, 3.63) is 59.2 Å². The van der Waals surface area contributed by atoms with Crippen LogP contribution in [0.3, 0.4) is 0 Å². The van der Waals surface area contributed by atoms with Gasteiger partial charge < -0.3 is 9.84 Å². The summed E-state index contributed by atoms with van der Waals surface area (Å²) in [6.07, 6.45) is 3.75. The molecule has 0 aromatic heterocycles. The molecule has 2 aromatic rings. The molecule has 0 amide bonds. The number of benzene rings is 2. The van der Waals surface area contributed by atoms with Gasteiger partial charge >= 0.3 is 0 Å². The topological polar surface area (TPSA) is 32.7 Å². The summed E-state index contributed by atoms with van der Waals surface area (Å²) < 4.78 is 5.83. The van der Waals surface area contributed by atoms with Gasteiger partial charge in [0.25, 0.3) is 0 Å². The molecule has 1 heterocycles. The van der Waals surface area contributed by atoms with Gasteiger partial charge in [-0.3, -0.25) is 4.90 Å². The monoisotopic (exact) mass is 339 g/mol. The highest BCUT2D eigenvalue weighted by Crippen LogP contribution is 2.23. The fraction of sp³-hybridized carbons (Fsp3) is 0.455. The quantitative estimate of drug-likeness (QED) is 0.849. The first kappa shape index (κ1) is 17.8. The zero-order chi connectivity index (χ0) is 17.6. The van der Waals surface area contributed by atoms with Crippen LogP contribution in [0.5, 0.6) is 11.5 Å². The number of hydrogen-bond acceptors (Lipinski definition) is 3. The SMILES string of the molecule is Cc1ccc(CC2CCN(CCOc3ccc(O)c(C)c3)CC2)cc1. The largest absolute Gasteiger partial charge is 0.508 e. The molecule has 0 bridgehead atoms. The predicted molar refractivity (Wildman–Crippen MR) is 102 cm³/mol. The number of phenols is 1. The van der Waals surface area contributed by atoms with Gasteiger partial charge in [-0.15, -0.1) is 0 Å². The van der Waals surface area contributed by atoms with Crippen LogP contribution in [0.25, 0.3) is 0 Å². The number of aryl methyl sites for hydroxylation is 2. The lowest BCUT2D eigenvalue weighted by Gasteiger charge is -2.32. The fourth-order valence-electron chi connectivity index (χ4n) is 3.48. The van der Waals surface area contributed by atoms with Crippen LogP contribution in [0.1, 0.15) is 29.5 Å². The van der Waals surface area contributed by atoms with Crippen molar-refractivity contribution >= 4 is 0 Å². The molecule has 0 spiro atoms. The van der Waals surface area contributed by atoms with Crippen molar-refractivity contribution in [1.82, 2.24) is 4.90 Å². The highest BCUT2D eigenvalue weighted by Gasteiger charge is 2.19. The standard InChI is InChI=1S/C22H29NO2/c1-17-3-5-19(6-4-17)16-20-9-11-23(12-10-20)13-14-25-21-7-8-22(24)18(2)15-21/h3-8,15,20,24H,9-14,16H2,1-2H3. The number of nitrogens with zero attached hydrogens (tertiary/aromatic N) is 1. The van der Waals surface area contributed by atoms with E-state index in [1.807, 2.05) is 19.1 Å². The minimum absolute atomic E-state index is 0.322. The Morgan fingerprint density at radius 3 is 2.44 bits per heavy atom. The van der Waals surface area contributed by atoms with Gasteiger partial charge in [0.05, 0.1) is 0 Å². The lowest BCUT2D eigenvalue weighted by molar-refractivity contribution is 0.155. The zero-order valence-corrected chi connectivity index (χ0v) is 15.4. The Labute approximate surface area is 151 Å². The molecule has 1 saturated heterocycles. The van der Waals surface area contributed by atoms with Crippen molar-refractivity contribution in [1.29, 1.82) is 0 Å². The highest BCUT2D eigenvalue weighted by atomic mass is 16.5. The molecule has 0 aliphatic carbocycles. The molecule has 1 fully saturated rings. The number of likely N-dealkylation sites (tertiary alicyclic amines) is 1. The Hall–Kier alpha value is -2.00. The second-order valence-electron chi connectivity index (χ2n) is 7.27. The molecule has 1 aliphatic heterocycles. The van der Waals surface area contributed by atoms with E-state index in [1.165, 1.54) is 30.4 Å². The van der Waals surface area contributed by atoms with Gasteiger partial charge in [-0.2, -0.15) is 0 Å². The van der Waals surface area contributed by atoms with Crippen molar-refractivity contribution in [2.24, 2.45) is 5.92 Å². The summed E-state index contributed by atoms with van der Waals surface area (Å²) >= 11 is 0. The van der Waals surface area contributed by atoms with E-state index in [9.17, 15) is 5.11 Å². The van der Waals surface area contributed by atoms with Crippen LogP contribution in [-0.2, 0) is 6.42 Å². The van der Waals surface area contributed by atoms with Crippen molar-refractivity contribution in [3.63, 3.8) is 0 Å². The Morgan fingerprint density at radius 1 is 1.04 bits per heavy atom.